The highest BCUT2D eigenvalue weighted by Crippen LogP contribution is 2.14. The molecule has 118 valence electrons. The number of amides is 1. The Morgan fingerprint density at radius 1 is 1.30 bits per heavy atom. The van der Waals surface area contributed by atoms with Crippen LogP contribution in [-0.4, -0.2) is 18.5 Å². The van der Waals surface area contributed by atoms with E-state index in [9.17, 15) is 4.79 Å². The standard InChI is InChI=1S/C15H28N2O.C2H6/c1-6-7-12(4)13(5)17-15(18)9-14(10-16)8-11(2)3;1-2/h6-7,11,13-14H,4,8-10,16H2,1-3,5H3,(H,17,18);1-2H3/b7-6-;/t13?,14-;/m0./s1. The molecular formula is C17H34N2O. The molecule has 2 atom stereocenters. The van der Waals surface area contributed by atoms with Crippen LogP contribution in [0, 0.1) is 11.8 Å². The summed E-state index contributed by atoms with van der Waals surface area (Å²) in [6, 6.07) is -0.0221. The van der Waals surface area contributed by atoms with Gasteiger partial charge in [-0.05, 0) is 44.2 Å². The maximum atomic E-state index is 11.9. The first-order valence-electron chi connectivity index (χ1n) is 7.71. The quantitative estimate of drug-likeness (QED) is 0.668. The molecule has 0 aliphatic heterocycles. The van der Waals surface area contributed by atoms with E-state index < -0.39 is 0 Å². The molecule has 0 spiro atoms. The van der Waals surface area contributed by atoms with Gasteiger partial charge < -0.3 is 11.1 Å². The molecule has 1 unspecified atom stereocenters. The normalized spacial score (nSPS) is 13.6. The van der Waals surface area contributed by atoms with Gasteiger partial charge in [-0.3, -0.25) is 4.79 Å². The highest BCUT2D eigenvalue weighted by Gasteiger charge is 2.15. The molecule has 3 heteroatoms. The maximum Gasteiger partial charge on any atom is 0.220 e. The number of rotatable bonds is 8. The van der Waals surface area contributed by atoms with E-state index in [0.717, 1.165) is 12.0 Å². The fourth-order valence-corrected chi connectivity index (χ4v) is 1.94. The zero-order valence-electron chi connectivity index (χ0n) is 14.2. The van der Waals surface area contributed by atoms with Gasteiger partial charge in [0.2, 0.25) is 5.91 Å². The van der Waals surface area contributed by atoms with E-state index in [-0.39, 0.29) is 17.9 Å². The summed E-state index contributed by atoms with van der Waals surface area (Å²) in [5.41, 5.74) is 6.61. The monoisotopic (exact) mass is 282 g/mol. The summed E-state index contributed by atoms with van der Waals surface area (Å²) in [6.45, 7) is 16.7. The van der Waals surface area contributed by atoms with Crippen molar-refractivity contribution in [2.45, 2.75) is 60.4 Å². The van der Waals surface area contributed by atoms with Gasteiger partial charge in [0.15, 0.2) is 0 Å². The van der Waals surface area contributed by atoms with Crippen molar-refractivity contribution in [3.63, 3.8) is 0 Å². The van der Waals surface area contributed by atoms with Gasteiger partial charge in [-0.1, -0.05) is 46.4 Å². The van der Waals surface area contributed by atoms with E-state index in [1.54, 1.807) is 0 Å². The van der Waals surface area contributed by atoms with Gasteiger partial charge in [0.1, 0.15) is 0 Å². The Hall–Kier alpha value is -1.09. The number of nitrogens with two attached hydrogens (primary N) is 1. The Kier molecular flexibility index (Phi) is 13.7. The Bertz CT molecular complexity index is 295. The Balaban J connectivity index is 0. The van der Waals surface area contributed by atoms with E-state index in [4.69, 9.17) is 5.73 Å². The van der Waals surface area contributed by atoms with Gasteiger partial charge in [0.25, 0.3) is 0 Å². The molecule has 0 aromatic rings. The van der Waals surface area contributed by atoms with E-state index >= 15 is 0 Å². The van der Waals surface area contributed by atoms with Crippen molar-refractivity contribution in [1.29, 1.82) is 0 Å². The highest BCUT2D eigenvalue weighted by atomic mass is 16.1. The first kappa shape index (κ1) is 21.2. The van der Waals surface area contributed by atoms with Crippen molar-refractivity contribution in [3.8, 4) is 0 Å². The van der Waals surface area contributed by atoms with E-state index in [1.165, 1.54) is 0 Å². The molecule has 0 aromatic heterocycles. The second-order valence-corrected chi connectivity index (χ2v) is 5.30. The molecule has 0 saturated heterocycles. The Labute approximate surface area is 125 Å². The zero-order chi connectivity index (χ0) is 16.1. The summed E-state index contributed by atoms with van der Waals surface area (Å²) in [5.74, 6) is 0.901. The Morgan fingerprint density at radius 2 is 1.85 bits per heavy atom. The molecular weight excluding hydrogens is 248 g/mol. The molecule has 0 heterocycles. The molecule has 0 aromatic carbocycles. The molecule has 3 nitrogen and oxygen atoms in total. The average Bonchev–Trinajstić information content (AvgIpc) is 2.39. The minimum atomic E-state index is -0.0221. The van der Waals surface area contributed by atoms with Crippen LogP contribution in [0.2, 0.25) is 0 Å². The van der Waals surface area contributed by atoms with Crippen LogP contribution in [0.5, 0.6) is 0 Å². The van der Waals surface area contributed by atoms with Gasteiger partial charge in [-0.15, -0.1) is 0 Å². The van der Waals surface area contributed by atoms with Crippen LogP contribution in [-0.2, 0) is 4.79 Å². The molecule has 0 bridgehead atoms. The van der Waals surface area contributed by atoms with Gasteiger partial charge in [0, 0.05) is 6.42 Å². The smallest absolute Gasteiger partial charge is 0.220 e. The third-order valence-corrected chi connectivity index (χ3v) is 2.93. The SMILES string of the molecule is C=C(/C=C\C)C(C)NC(=O)C[C@@H](CN)CC(C)C.CC. The second-order valence-electron chi connectivity index (χ2n) is 5.30. The van der Waals surface area contributed by atoms with Crippen molar-refractivity contribution >= 4 is 5.91 Å². The number of nitrogens with one attached hydrogen (secondary N) is 1. The summed E-state index contributed by atoms with van der Waals surface area (Å²) >= 11 is 0. The van der Waals surface area contributed by atoms with Crippen LogP contribution in [0.15, 0.2) is 24.3 Å². The van der Waals surface area contributed by atoms with Crippen LogP contribution in [0.1, 0.15) is 54.4 Å². The lowest BCUT2D eigenvalue weighted by atomic mass is 9.94. The minimum Gasteiger partial charge on any atom is -0.350 e. The van der Waals surface area contributed by atoms with Gasteiger partial charge in [0.05, 0.1) is 6.04 Å². The summed E-state index contributed by atoms with van der Waals surface area (Å²) < 4.78 is 0. The fourth-order valence-electron chi connectivity index (χ4n) is 1.94. The van der Waals surface area contributed by atoms with Crippen LogP contribution in [0.4, 0.5) is 0 Å². The molecule has 0 aliphatic rings. The summed E-state index contributed by atoms with van der Waals surface area (Å²) in [5, 5.41) is 2.96. The lowest BCUT2D eigenvalue weighted by Gasteiger charge is -2.19. The predicted molar refractivity (Wildman–Crippen MR) is 89.5 cm³/mol. The summed E-state index contributed by atoms with van der Waals surface area (Å²) in [4.78, 5) is 11.9. The van der Waals surface area contributed by atoms with Crippen LogP contribution >= 0.6 is 0 Å². The van der Waals surface area contributed by atoms with Crippen LogP contribution in [0.3, 0.4) is 0 Å². The summed E-state index contributed by atoms with van der Waals surface area (Å²) in [7, 11) is 0. The molecule has 0 fully saturated rings. The van der Waals surface area contributed by atoms with Crippen LogP contribution in [0.25, 0.3) is 0 Å². The minimum absolute atomic E-state index is 0.0221. The Morgan fingerprint density at radius 3 is 2.25 bits per heavy atom. The molecule has 0 aliphatic carbocycles. The van der Waals surface area contributed by atoms with E-state index in [0.29, 0.717) is 18.9 Å². The largest absolute Gasteiger partial charge is 0.350 e. The van der Waals surface area contributed by atoms with Gasteiger partial charge >= 0.3 is 0 Å². The molecule has 0 radical (unpaired) electrons. The molecule has 20 heavy (non-hydrogen) atoms. The van der Waals surface area contributed by atoms with Crippen molar-refractivity contribution in [1.82, 2.24) is 5.32 Å². The third kappa shape index (κ3) is 10.8. The average molecular weight is 282 g/mol. The van der Waals surface area contributed by atoms with Crippen LogP contribution < -0.4 is 11.1 Å². The van der Waals surface area contributed by atoms with Crippen molar-refractivity contribution < 1.29 is 4.79 Å². The van der Waals surface area contributed by atoms with E-state index in [2.05, 4.69) is 25.7 Å². The number of hydrogen-bond donors (Lipinski definition) is 2. The molecule has 0 rings (SSSR count). The number of allylic oxidation sites excluding steroid dienone is 1. The van der Waals surface area contributed by atoms with E-state index in [1.807, 2.05) is 39.8 Å². The fraction of sp³-hybridized carbons (Fsp3) is 0.706. The number of carbonyl (C=O) groups is 1. The molecule has 0 saturated carbocycles. The third-order valence-electron chi connectivity index (χ3n) is 2.93. The van der Waals surface area contributed by atoms with Crippen molar-refractivity contribution in [2.24, 2.45) is 17.6 Å². The maximum absolute atomic E-state index is 11.9. The van der Waals surface area contributed by atoms with Gasteiger partial charge in [-0.25, -0.2) is 0 Å². The van der Waals surface area contributed by atoms with Crippen molar-refractivity contribution in [3.05, 3.63) is 24.3 Å². The highest BCUT2D eigenvalue weighted by molar-refractivity contribution is 5.77. The first-order chi connectivity index (χ1) is 9.40. The summed E-state index contributed by atoms with van der Waals surface area (Å²) in [6.07, 6.45) is 5.34. The second kappa shape index (κ2) is 12.9. The topological polar surface area (TPSA) is 55.1 Å². The lowest BCUT2D eigenvalue weighted by molar-refractivity contribution is -0.122. The predicted octanol–water partition coefficient (Wildman–Crippen LogP) is 3.66. The first-order valence-corrected chi connectivity index (χ1v) is 7.71. The number of hydrogen-bond acceptors (Lipinski definition) is 2. The van der Waals surface area contributed by atoms with Gasteiger partial charge in [-0.2, -0.15) is 0 Å². The number of carbonyl (C=O) groups excluding carboxylic acids is 1. The zero-order valence-corrected chi connectivity index (χ0v) is 14.2. The lowest BCUT2D eigenvalue weighted by Crippen LogP contribution is -2.35. The molecule has 1 amide bonds. The molecule has 3 N–H and O–H groups in total. The van der Waals surface area contributed by atoms with Crippen molar-refractivity contribution in [2.75, 3.05) is 6.54 Å².